The Balaban J connectivity index is 1.50. The summed E-state index contributed by atoms with van der Waals surface area (Å²) in [5.74, 6) is 1.45. The molecule has 1 aliphatic heterocycles. The SMILES string of the molecule is COc1ccc(-c2nc(S(=O)(=O)c3ccccc3)c(NCC(c3ccc(C(C)C)cc3)N3CCOCC3)o2)cc1. The molecule has 0 amide bonds. The van der Waals surface area contributed by atoms with Crippen LogP contribution in [0.3, 0.4) is 0 Å². The number of benzene rings is 3. The van der Waals surface area contributed by atoms with Crippen LogP contribution in [0.15, 0.2) is 93.2 Å². The highest BCUT2D eigenvalue weighted by molar-refractivity contribution is 7.91. The van der Waals surface area contributed by atoms with E-state index in [0.29, 0.717) is 37.0 Å². The lowest BCUT2D eigenvalue weighted by Crippen LogP contribution is -2.41. The normalized spacial score (nSPS) is 15.2. The van der Waals surface area contributed by atoms with E-state index >= 15 is 0 Å². The van der Waals surface area contributed by atoms with E-state index in [1.54, 1.807) is 61.7 Å². The van der Waals surface area contributed by atoms with Gasteiger partial charge in [-0.25, -0.2) is 8.42 Å². The second-order valence-electron chi connectivity index (χ2n) is 10.1. The minimum Gasteiger partial charge on any atom is -0.497 e. The van der Waals surface area contributed by atoms with Crippen LogP contribution in [0, 0.1) is 0 Å². The van der Waals surface area contributed by atoms with Gasteiger partial charge in [-0.2, -0.15) is 4.98 Å². The van der Waals surface area contributed by atoms with Crippen molar-refractivity contribution in [3.8, 4) is 17.2 Å². The summed E-state index contributed by atoms with van der Waals surface area (Å²) in [4.78, 5) is 7.00. The van der Waals surface area contributed by atoms with E-state index in [-0.39, 0.29) is 27.7 Å². The van der Waals surface area contributed by atoms with Crippen LogP contribution in [0.5, 0.6) is 5.75 Å². The number of aromatic nitrogens is 1. The van der Waals surface area contributed by atoms with Crippen molar-refractivity contribution in [1.82, 2.24) is 9.88 Å². The molecule has 0 bridgehead atoms. The van der Waals surface area contributed by atoms with Gasteiger partial charge in [-0.3, -0.25) is 4.90 Å². The fourth-order valence-corrected chi connectivity index (χ4v) is 6.11. The number of sulfone groups is 1. The summed E-state index contributed by atoms with van der Waals surface area (Å²) >= 11 is 0. The van der Waals surface area contributed by atoms with Gasteiger partial charge in [0.15, 0.2) is 0 Å². The molecule has 1 saturated heterocycles. The summed E-state index contributed by atoms with van der Waals surface area (Å²) in [6, 6.07) is 24.1. The Morgan fingerprint density at radius 3 is 2.20 bits per heavy atom. The van der Waals surface area contributed by atoms with Gasteiger partial charge in [0.25, 0.3) is 0 Å². The number of ether oxygens (including phenoxy) is 2. The molecule has 1 aliphatic rings. The first-order valence-corrected chi connectivity index (χ1v) is 15.0. The summed E-state index contributed by atoms with van der Waals surface area (Å²) < 4.78 is 44.4. The number of rotatable bonds is 10. The van der Waals surface area contributed by atoms with Gasteiger partial charge in [-0.05, 0) is 53.4 Å². The molecule has 1 fully saturated rings. The van der Waals surface area contributed by atoms with E-state index in [2.05, 4.69) is 53.3 Å². The van der Waals surface area contributed by atoms with E-state index < -0.39 is 9.84 Å². The highest BCUT2D eigenvalue weighted by atomic mass is 32.2. The Bertz CT molecular complexity index is 1500. The van der Waals surface area contributed by atoms with Crippen molar-refractivity contribution in [2.45, 2.75) is 35.7 Å². The lowest BCUT2D eigenvalue weighted by Gasteiger charge is -2.35. The molecule has 210 valence electrons. The van der Waals surface area contributed by atoms with E-state index in [4.69, 9.17) is 13.9 Å². The van der Waals surface area contributed by atoms with Crippen molar-refractivity contribution in [1.29, 1.82) is 0 Å². The number of anilines is 1. The summed E-state index contributed by atoms with van der Waals surface area (Å²) in [5, 5.41) is 3.18. The van der Waals surface area contributed by atoms with E-state index in [9.17, 15) is 8.42 Å². The zero-order valence-corrected chi connectivity index (χ0v) is 23.9. The van der Waals surface area contributed by atoms with Crippen molar-refractivity contribution in [2.75, 3.05) is 45.3 Å². The summed E-state index contributed by atoms with van der Waals surface area (Å²) in [7, 11) is -2.36. The molecular formula is C31H35N3O5S. The fourth-order valence-electron chi connectivity index (χ4n) is 4.81. The average molecular weight is 562 g/mol. The molecule has 1 aromatic heterocycles. The molecule has 1 unspecified atom stereocenters. The minimum absolute atomic E-state index is 0.0214. The third-order valence-corrected chi connectivity index (χ3v) is 8.85. The fraction of sp³-hybridized carbons (Fsp3) is 0.323. The zero-order chi connectivity index (χ0) is 28.1. The van der Waals surface area contributed by atoms with Gasteiger partial charge >= 0.3 is 0 Å². The first kappa shape index (κ1) is 27.9. The third kappa shape index (κ3) is 6.06. The highest BCUT2D eigenvalue weighted by Gasteiger charge is 2.30. The van der Waals surface area contributed by atoms with Crippen LogP contribution in [-0.2, 0) is 14.6 Å². The van der Waals surface area contributed by atoms with Crippen LogP contribution >= 0.6 is 0 Å². The summed E-state index contributed by atoms with van der Waals surface area (Å²) in [6.07, 6.45) is 0. The molecule has 5 rings (SSSR count). The first-order valence-electron chi connectivity index (χ1n) is 13.5. The van der Waals surface area contributed by atoms with Crippen LogP contribution in [0.25, 0.3) is 11.5 Å². The topological polar surface area (TPSA) is 93.9 Å². The largest absolute Gasteiger partial charge is 0.497 e. The first-order chi connectivity index (χ1) is 19.4. The molecule has 0 aliphatic carbocycles. The van der Waals surface area contributed by atoms with Crippen LogP contribution in [-0.4, -0.2) is 58.3 Å². The van der Waals surface area contributed by atoms with Gasteiger partial charge in [0.05, 0.1) is 31.3 Å². The third-order valence-electron chi connectivity index (χ3n) is 7.17. The van der Waals surface area contributed by atoms with Crippen LogP contribution in [0.1, 0.15) is 36.9 Å². The molecule has 3 aromatic carbocycles. The molecule has 2 heterocycles. The molecule has 0 saturated carbocycles. The number of hydrogen-bond donors (Lipinski definition) is 1. The smallest absolute Gasteiger partial charge is 0.233 e. The second-order valence-corrected chi connectivity index (χ2v) is 11.9. The number of hydrogen-bond acceptors (Lipinski definition) is 8. The predicted octanol–water partition coefficient (Wildman–Crippen LogP) is 5.79. The maximum Gasteiger partial charge on any atom is 0.233 e. The standard InChI is InChI=1S/C31H35N3O5S/c1-22(2)23-9-11-24(12-10-23)28(34-17-19-38-20-18-34)21-32-30-31(40(35,36)27-7-5-4-6-8-27)33-29(39-30)25-13-15-26(37-3)16-14-25/h4-16,22,28,32H,17-21H2,1-3H3. The molecule has 1 N–H and O–H groups in total. The lowest BCUT2D eigenvalue weighted by molar-refractivity contribution is 0.0186. The van der Waals surface area contributed by atoms with Crippen molar-refractivity contribution < 1.29 is 22.3 Å². The molecule has 9 heteroatoms. The minimum atomic E-state index is -3.95. The molecule has 8 nitrogen and oxygen atoms in total. The highest BCUT2D eigenvalue weighted by Crippen LogP contribution is 2.34. The average Bonchev–Trinajstić information content (AvgIpc) is 3.44. The van der Waals surface area contributed by atoms with Gasteiger partial charge in [0.1, 0.15) is 5.75 Å². The quantitative estimate of drug-likeness (QED) is 0.260. The predicted molar refractivity (Wildman–Crippen MR) is 155 cm³/mol. The summed E-state index contributed by atoms with van der Waals surface area (Å²) in [6.45, 7) is 7.64. The van der Waals surface area contributed by atoms with Crippen molar-refractivity contribution >= 4 is 15.7 Å². The van der Waals surface area contributed by atoms with E-state index in [0.717, 1.165) is 18.7 Å². The number of morpholine rings is 1. The van der Waals surface area contributed by atoms with Gasteiger partial charge in [0.2, 0.25) is 26.6 Å². The van der Waals surface area contributed by atoms with Crippen molar-refractivity contribution in [3.63, 3.8) is 0 Å². The molecular weight excluding hydrogens is 526 g/mol. The number of nitrogens with one attached hydrogen (secondary N) is 1. The maximum atomic E-state index is 13.7. The van der Waals surface area contributed by atoms with E-state index in [1.165, 1.54) is 5.56 Å². The van der Waals surface area contributed by atoms with E-state index in [1.807, 2.05) is 0 Å². The van der Waals surface area contributed by atoms with Crippen molar-refractivity contribution in [2.24, 2.45) is 0 Å². The number of oxazole rings is 1. The Labute approximate surface area is 235 Å². The van der Waals surface area contributed by atoms with Crippen LogP contribution in [0.2, 0.25) is 0 Å². The maximum absolute atomic E-state index is 13.7. The monoisotopic (exact) mass is 561 g/mol. The van der Waals surface area contributed by atoms with Gasteiger partial charge in [-0.15, -0.1) is 0 Å². The Morgan fingerprint density at radius 2 is 1.57 bits per heavy atom. The summed E-state index contributed by atoms with van der Waals surface area (Å²) in [5.41, 5.74) is 3.06. The van der Waals surface area contributed by atoms with Gasteiger partial charge < -0.3 is 19.2 Å². The Kier molecular flexibility index (Phi) is 8.54. The molecule has 1 atom stereocenters. The van der Waals surface area contributed by atoms with Crippen LogP contribution in [0.4, 0.5) is 5.88 Å². The molecule has 40 heavy (non-hydrogen) atoms. The lowest BCUT2D eigenvalue weighted by atomic mass is 9.98. The van der Waals surface area contributed by atoms with Gasteiger partial charge in [-0.1, -0.05) is 56.3 Å². The zero-order valence-electron chi connectivity index (χ0n) is 23.0. The van der Waals surface area contributed by atoms with Gasteiger partial charge in [0, 0.05) is 25.2 Å². The molecule has 0 spiro atoms. The Morgan fingerprint density at radius 1 is 0.925 bits per heavy atom. The van der Waals surface area contributed by atoms with Crippen LogP contribution < -0.4 is 10.1 Å². The number of nitrogens with zero attached hydrogens (tertiary/aromatic N) is 2. The van der Waals surface area contributed by atoms with Crippen molar-refractivity contribution in [3.05, 3.63) is 90.0 Å². The molecule has 4 aromatic rings. The number of methoxy groups -OCH3 is 1. The second kappa shape index (κ2) is 12.2. The Hall–Kier alpha value is -3.66. The molecule has 0 radical (unpaired) electrons.